The molecule has 0 bridgehead atoms. The molecule has 6 rings (SSSR count). The molecule has 2 aromatic carbocycles. The zero-order valence-electron chi connectivity index (χ0n) is 30.4. The van der Waals surface area contributed by atoms with Crippen LogP contribution in [0.1, 0.15) is 75.3 Å². The Balaban J connectivity index is 0.000000202. The highest BCUT2D eigenvalue weighted by atomic mass is 32.3. The lowest BCUT2D eigenvalue weighted by molar-refractivity contribution is -0.879. The molecule has 0 spiro atoms. The first kappa shape index (κ1) is 40.9. The second-order valence-electron chi connectivity index (χ2n) is 16.0. The van der Waals surface area contributed by atoms with Crippen LogP contribution in [0.25, 0.3) is 0 Å². The standard InChI is InChI=1S/2C19H28NO3.H2O4S/c2*1-20(2)13-12-17(14-20)23-18(21)19(22,16-10-6-7-11-16)15-8-4-3-5-9-15;1-5(2,3)4/h2*3-5,8-9,16-17,22H,6-7,10-14H2,1-2H3;(H2,1,2,3,4)/q2*+1;/p-2. The molecular formula is C38H56N2O10S. The van der Waals surface area contributed by atoms with E-state index in [1.165, 1.54) is 0 Å². The third-order valence-corrected chi connectivity index (χ3v) is 11.0. The zero-order valence-corrected chi connectivity index (χ0v) is 31.3. The van der Waals surface area contributed by atoms with Crippen molar-refractivity contribution in [2.24, 2.45) is 11.8 Å². The van der Waals surface area contributed by atoms with E-state index in [0.717, 1.165) is 99.4 Å². The number of likely N-dealkylation sites (N-methyl/N-ethyl adjacent to an activating group) is 2. The zero-order chi connectivity index (χ0) is 37.5. The molecule has 2 N–H and O–H groups in total. The smallest absolute Gasteiger partial charge is 0.343 e. The Morgan fingerprint density at radius 1 is 0.627 bits per heavy atom. The third-order valence-electron chi connectivity index (χ3n) is 11.0. The second-order valence-corrected chi connectivity index (χ2v) is 16.8. The van der Waals surface area contributed by atoms with Crippen molar-refractivity contribution >= 4 is 22.3 Å². The average molecular weight is 733 g/mol. The van der Waals surface area contributed by atoms with E-state index < -0.39 is 33.5 Å². The Morgan fingerprint density at radius 3 is 1.18 bits per heavy atom. The molecule has 0 amide bonds. The molecule has 4 atom stereocenters. The predicted octanol–water partition coefficient (Wildman–Crippen LogP) is 3.57. The van der Waals surface area contributed by atoms with Gasteiger partial charge in [-0.05, 0) is 36.8 Å². The molecule has 2 heterocycles. The summed E-state index contributed by atoms with van der Waals surface area (Å²) in [5, 5.41) is 22.7. The van der Waals surface area contributed by atoms with Crippen LogP contribution in [0.3, 0.4) is 0 Å². The van der Waals surface area contributed by atoms with Gasteiger partial charge in [-0.2, -0.15) is 0 Å². The Morgan fingerprint density at radius 2 is 0.922 bits per heavy atom. The van der Waals surface area contributed by atoms with Gasteiger partial charge in [-0.15, -0.1) is 0 Å². The molecule has 284 valence electrons. The summed E-state index contributed by atoms with van der Waals surface area (Å²) in [6.07, 6.45) is 9.37. The highest BCUT2D eigenvalue weighted by Gasteiger charge is 2.50. The summed E-state index contributed by atoms with van der Waals surface area (Å²) in [6.45, 7) is 3.65. The van der Waals surface area contributed by atoms with Crippen molar-refractivity contribution in [2.45, 2.75) is 87.6 Å². The van der Waals surface area contributed by atoms with Gasteiger partial charge < -0.3 is 37.8 Å². The van der Waals surface area contributed by atoms with Gasteiger partial charge in [-0.25, -0.2) is 9.59 Å². The Labute approximate surface area is 303 Å². The molecule has 2 saturated carbocycles. The van der Waals surface area contributed by atoms with Crippen molar-refractivity contribution in [1.29, 1.82) is 0 Å². The minimum Gasteiger partial charge on any atom is -0.759 e. The molecule has 51 heavy (non-hydrogen) atoms. The normalized spacial score (nSPS) is 25.3. The average Bonchev–Trinajstić information content (AvgIpc) is 3.90. The van der Waals surface area contributed by atoms with E-state index in [9.17, 15) is 19.8 Å². The topological polar surface area (TPSA) is 173 Å². The number of hydrogen-bond acceptors (Lipinski definition) is 10. The molecular weight excluding hydrogens is 676 g/mol. The monoisotopic (exact) mass is 732 g/mol. The number of aliphatic hydroxyl groups is 2. The minimum absolute atomic E-state index is 0.0405. The first-order valence-corrected chi connectivity index (χ1v) is 19.5. The van der Waals surface area contributed by atoms with Gasteiger partial charge in [0.2, 0.25) is 0 Å². The number of hydrogen-bond donors (Lipinski definition) is 2. The van der Waals surface area contributed by atoms with Gasteiger partial charge in [0, 0.05) is 35.1 Å². The number of likely N-dealkylation sites (tertiary alicyclic amines) is 2. The summed E-state index contributed by atoms with van der Waals surface area (Å²) in [4.78, 5) is 25.9. The highest BCUT2D eigenvalue weighted by Crippen LogP contribution is 2.43. The molecule has 4 fully saturated rings. The summed E-state index contributed by atoms with van der Waals surface area (Å²) in [5.41, 5.74) is -1.66. The summed E-state index contributed by atoms with van der Waals surface area (Å²) in [7, 11) is 3.42. The molecule has 0 radical (unpaired) electrons. The van der Waals surface area contributed by atoms with Gasteiger partial charge in [0.15, 0.2) is 23.4 Å². The Bertz CT molecular complexity index is 1430. The van der Waals surface area contributed by atoms with E-state index in [2.05, 4.69) is 28.2 Å². The van der Waals surface area contributed by atoms with E-state index in [1.807, 2.05) is 60.7 Å². The molecule has 4 aliphatic rings. The largest absolute Gasteiger partial charge is 0.759 e. The van der Waals surface area contributed by atoms with Crippen LogP contribution >= 0.6 is 0 Å². The number of carbonyl (C=O) groups is 2. The van der Waals surface area contributed by atoms with Crippen LogP contribution in [0.4, 0.5) is 0 Å². The molecule has 0 aromatic heterocycles. The van der Waals surface area contributed by atoms with Crippen LogP contribution in [-0.4, -0.2) is 115 Å². The number of carbonyl (C=O) groups excluding carboxylic acids is 2. The SMILES string of the molecule is C[N+]1(C)CCC(OC(=O)C(O)(c2ccccc2)C2CCCC2)C1.C[N+]1(C)CCC(OC(=O)C(O)(c2ccccc2)C2CCCC2)C1.O=S(=O)([O-])[O-]. The second kappa shape index (κ2) is 16.8. The highest BCUT2D eigenvalue weighted by molar-refractivity contribution is 7.79. The minimum atomic E-state index is -5.17. The fourth-order valence-electron chi connectivity index (χ4n) is 8.24. The molecule has 2 aliphatic carbocycles. The third kappa shape index (κ3) is 11.0. The Hall–Kier alpha value is -2.91. The van der Waals surface area contributed by atoms with Crippen molar-refractivity contribution in [1.82, 2.24) is 0 Å². The Kier molecular flexibility index (Phi) is 13.5. The number of quaternary nitrogens is 2. The molecule has 4 unspecified atom stereocenters. The molecule has 2 aliphatic heterocycles. The molecule has 13 heteroatoms. The van der Waals surface area contributed by atoms with Crippen molar-refractivity contribution < 1.29 is 55.8 Å². The lowest BCUT2D eigenvalue weighted by Crippen LogP contribution is -2.46. The lowest BCUT2D eigenvalue weighted by Gasteiger charge is -2.33. The maximum atomic E-state index is 12.9. The van der Waals surface area contributed by atoms with E-state index in [4.69, 9.17) is 27.0 Å². The quantitative estimate of drug-likeness (QED) is 0.177. The molecule has 2 aromatic rings. The maximum absolute atomic E-state index is 12.9. The van der Waals surface area contributed by atoms with Gasteiger partial charge >= 0.3 is 11.9 Å². The van der Waals surface area contributed by atoms with Crippen LogP contribution in [-0.2, 0) is 40.7 Å². The number of esters is 2. The summed E-state index contributed by atoms with van der Waals surface area (Å²) in [6, 6.07) is 18.7. The van der Waals surface area contributed by atoms with E-state index in [0.29, 0.717) is 11.1 Å². The van der Waals surface area contributed by atoms with Gasteiger partial charge in [-0.1, -0.05) is 86.3 Å². The van der Waals surface area contributed by atoms with Gasteiger partial charge in [-0.3, -0.25) is 8.42 Å². The molecule has 12 nitrogen and oxygen atoms in total. The van der Waals surface area contributed by atoms with Crippen molar-refractivity contribution in [3.8, 4) is 0 Å². The number of benzene rings is 2. The predicted molar refractivity (Wildman–Crippen MR) is 188 cm³/mol. The number of rotatable bonds is 8. The molecule has 2 saturated heterocycles. The van der Waals surface area contributed by atoms with Crippen LogP contribution in [0, 0.1) is 11.8 Å². The fourth-order valence-corrected chi connectivity index (χ4v) is 8.24. The van der Waals surface area contributed by atoms with Crippen molar-refractivity contribution in [3.63, 3.8) is 0 Å². The van der Waals surface area contributed by atoms with Gasteiger partial charge in [0.1, 0.15) is 13.1 Å². The van der Waals surface area contributed by atoms with E-state index >= 15 is 0 Å². The van der Waals surface area contributed by atoms with Crippen LogP contribution < -0.4 is 0 Å². The summed E-state index contributed by atoms with van der Waals surface area (Å²) >= 11 is 0. The van der Waals surface area contributed by atoms with E-state index in [-0.39, 0.29) is 24.0 Å². The summed E-state index contributed by atoms with van der Waals surface area (Å²) in [5.74, 6) is -0.993. The van der Waals surface area contributed by atoms with Crippen LogP contribution in [0.2, 0.25) is 0 Å². The number of nitrogens with zero attached hydrogens (tertiary/aromatic N) is 2. The first-order valence-electron chi connectivity index (χ1n) is 18.1. The van der Waals surface area contributed by atoms with Crippen molar-refractivity contribution in [3.05, 3.63) is 71.8 Å². The number of ether oxygens (including phenoxy) is 2. The van der Waals surface area contributed by atoms with E-state index in [1.54, 1.807) is 0 Å². The van der Waals surface area contributed by atoms with Crippen molar-refractivity contribution in [2.75, 3.05) is 54.4 Å². The van der Waals surface area contributed by atoms with Gasteiger partial charge in [0.25, 0.3) is 0 Å². The summed E-state index contributed by atoms with van der Waals surface area (Å²) < 4.78 is 47.4. The maximum Gasteiger partial charge on any atom is 0.343 e. The van der Waals surface area contributed by atoms with Crippen LogP contribution in [0.5, 0.6) is 0 Å². The van der Waals surface area contributed by atoms with Gasteiger partial charge in [0.05, 0.1) is 41.3 Å². The lowest BCUT2D eigenvalue weighted by atomic mass is 9.80. The van der Waals surface area contributed by atoms with Crippen LogP contribution in [0.15, 0.2) is 60.7 Å². The fraction of sp³-hybridized carbons (Fsp3) is 0.632. The first-order chi connectivity index (χ1) is 23.8.